The Hall–Kier alpha value is -1.49. The summed E-state index contributed by atoms with van der Waals surface area (Å²) in [4.78, 5) is 12.2. The minimum Gasteiger partial charge on any atom is -0.294 e. The molecule has 19 heavy (non-hydrogen) atoms. The summed E-state index contributed by atoms with van der Waals surface area (Å²) < 4.78 is 15.3. The second-order valence-corrected chi connectivity index (χ2v) is 5.17. The lowest BCUT2D eigenvalue weighted by Crippen LogP contribution is -2.10. The van der Waals surface area contributed by atoms with Gasteiger partial charge in [-0.1, -0.05) is 0 Å². The molecule has 0 aliphatic carbocycles. The van der Waals surface area contributed by atoms with Gasteiger partial charge in [0.15, 0.2) is 5.78 Å². The predicted molar refractivity (Wildman–Crippen MR) is 74.8 cm³/mol. The molecule has 1 aromatic heterocycles. The van der Waals surface area contributed by atoms with Crippen LogP contribution in [0.1, 0.15) is 28.7 Å². The lowest BCUT2D eigenvalue weighted by Gasteiger charge is -2.06. The van der Waals surface area contributed by atoms with Crippen LogP contribution in [0.2, 0.25) is 0 Å². The molecule has 0 bridgehead atoms. The average Bonchev–Trinajstić information content (AvgIpc) is 2.69. The first-order valence-electron chi connectivity index (χ1n) is 6.03. The molecule has 2 aromatic rings. The van der Waals surface area contributed by atoms with Crippen molar-refractivity contribution in [3.8, 4) is 0 Å². The van der Waals surface area contributed by atoms with E-state index in [0.717, 1.165) is 17.9 Å². The van der Waals surface area contributed by atoms with Gasteiger partial charge in [-0.15, -0.1) is 0 Å². The van der Waals surface area contributed by atoms with Gasteiger partial charge >= 0.3 is 0 Å². The van der Waals surface area contributed by atoms with Crippen LogP contribution in [0.25, 0.3) is 0 Å². The summed E-state index contributed by atoms with van der Waals surface area (Å²) in [6.07, 6.45) is 0.263. The summed E-state index contributed by atoms with van der Waals surface area (Å²) in [5, 5.41) is 4.31. The molecule has 0 unspecified atom stereocenters. The van der Waals surface area contributed by atoms with E-state index in [2.05, 4.69) is 21.0 Å². The van der Waals surface area contributed by atoms with Crippen molar-refractivity contribution in [2.75, 3.05) is 0 Å². The monoisotopic (exact) mass is 324 g/mol. The van der Waals surface area contributed by atoms with E-state index < -0.39 is 0 Å². The molecule has 100 valence electrons. The van der Waals surface area contributed by atoms with E-state index in [0.29, 0.717) is 10.0 Å². The van der Waals surface area contributed by atoms with Crippen LogP contribution in [0.5, 0.6) is 0 Å². The van der Waals surface area contributed by atoms with Crippen molar-refractivity contribution < 1.29 is 9.18 Å². The fourth-order valence-corrected chi connectivity index (χ4v) is 2.56. The van der Waals surface area contributed by atoms with E-state index in [4.69, 9.17) is 0 Å². The Morgan fingerprint density at radius 2 is 2.16 bits per heavy atom. The van der Waals surface area contributed by atoms with Crippen molar-refractivity contribution in [2.24, 2.45) is 0 Å². The van der Waals surface area contributed by atoms with Crippen molar-refractivity contribution in [3.05, 3.63) is 51.5 Å². The molecular formula is C14H14BrFN2O. The maximum Gasteiger partial charge on any atom is 0.169 e. The van der Waals surface area contributed by atoms with Gasteiger partial charge in [0.2, 0.25) is 0 Å². The number of ketones is 1. The third kappa shape index (κ3) is 3.10. The molecule has 0 saturated carbocycles. The molecule has 0 saturated heterocycles. The SMILES string of the molecule is CCn1nc(C)cc1CC(=O)c1ccc(F)cc1Br. The van der Waals surface area contributed by atoms with Crippen LogP contribution in [-0.2, 0) is 13.0 Å². The molecule has 0 aliphatic heterocycles. The Morgan fingerprint density at radius 1 is 1.42 bits per heavy atom. The number of aryl methyl sites for hydroxylation is 2. The molecule has 1 heterocycles. The summed E-state index contributed by atoms with van der Waals surface area (Å²) in [5.74, 6) is -0.417. The van der Waals surface area contributed by atoms with E-state index in [1.165, 1.54) is 18.2 Å². The normalized spacial score (nSPS) is 10.7. The molecule has 1 aromatic carbocycles. The van der Waals surface area contributed by atoms with Crippen LogP contribution >= 0.6 is 15.9 Å². The van der Waals surface area contributed by atoms with Gasteiger partial charge in [-0.25, -0.2) is 4.39 Å². The van der Waals surface area contributed by atoms with Crippen molar-refractivity contribution >= 4 is 21.7 Å². The van der Waals surface area contributed by atoms with Crippen LogP contribution in [0, 0.1) is 12.7 Å². The summed E-state index contributed by atoms with van der Waals surface area (Å²) >= 11 is 3.22. The van der Waals surface area contributed by atoms with Gasteiger partial charge in [-0.2, -0.15) is 5.10 Å². The van der Waals surface area contributed by atoms with Crippen LogP contribution < -0.4 is 0 Å². The second-order valence-electron chi connectivity index (χ2n) is 4.32. The van der Waals surface area contributed by atoms with E-state index in [1.807, 2.05) is 24.6 Å². The van der Waals surface area contributed by atoms with Crippen molar-refractivity contribution in [1.82, 2.24) is 9.78 Å². The molecular weight excluding hydrogens is 311 g/mol. The highest BCUT2D eigenvalue weighted by Gasteiger charge is 2.14. The second kappa shape index (κ2) is 5.65. The zero-order valence-electron chi connectivity index (χ0n) is 10.8. The van der Waals surface area contributed by atoms with Gasteiger partial charge in [-0.05, 0) is 54.0 Å². The topological polar surface area (TPSA) is 34.9 Å². The number of Topliss-reactive ketones (excluding diaryl/α,β-unsaturated/α-hetero) is 1. The lowest BCUT2D eigenvalue weighted by atomic mass is 10.1. The summed E-state index contributed by atoms with van der Waals surface area (Å²) in [6.45, 7) is 4.60. The Kier molecular flexibility index (Phi) is 4.14. The number of benzene rings is 1. The van der Waals surface area contributed by atoms with Gasteiger partial charge in [-0.3, -0.25) is 9.48 Å². The van der Waals surface area contributed by atoms with E-state index in [-0.39, 0.29) is 18.0 Å². The minimum absolute atomic E-state index is 0.0542. The first kappa shape index (κ1) is 13.9. The molecule has 0 fully saturated rings. The third-order valence-electron chi connectivity index (χ3n) is 2.86. The van der Waals surface area contributed by atoms with Gasteiger partial charge in [0.05, 0.1) is 12.1 Å². The van der Waals surface area contributed by atoms with E-state index in [1.54, 1.807) is 0 Å². The zero-order valence-corrected chi connectivity index (χ0v) is 12.4. The van der Waals surface area contributed by atoms with Crippen molar-refractivity contribution in [1.29, 1.82) is 0 Å². The molecule has 0 aliphatic rings. The lowest BCUT2D eigenvalue weighted by molar-refractivity contribution is 0.0989. The van der Waals surface area contributed by atoms with E-state index in [9.17, 15) is 9.18 Å². The number of rotatable bonds is 4. The molecule has 0 N–H and O–H groups in total. The maximum atomic E-state index is 13.0. The zero-order chi connectivity index (χ0) is 14.0. The van der Waals surface area contributed by atoms with Crippen LogP contribution in [0.4, 0.5) is 4.39 Å². The van der Waals surface area contributed by atoms with Gasteiger partial charge < -0.3 is 0 Å². The molecule has 2 rings (SSSR count). The third-order valence-corrected chi connectivity index (χ3v) is 3.51. The summed E-state index contributed by atoms with van der Waals surface area (Å²) in [5.41, 5.74) is 2.26. The smallest absolute Gasteiger partial charge is 0.169 e. The van der Waals surface area contributed by atoms with Crippen LogP contribution in [0.15, 0.2) is 28.7 Å². The Morgan fingerprint density at radius 3 is 2.79 bits per heavy atom. The van der Waals surface area contributed by atoms with Crippen molar-refractivity contribution in [3.63, 3.8) is 0 Å². The number of nitrogens with zero attached hydrogens (tertiary/aromatic N) is 2. The Balaban J connectivity index is 2.25. The number of carbonyl (C=O) groups is 1. The van der Waals surface area contributed by atoms with Crippen LogP contribution in [-0.4, -0.2) is 15.6 Å². The highest BCUT2D eigenvalue weighted by atomic mass is 79.9. The van der Waals surface area contributed by atoms with Crippen molar-refractivity contribution in [2.45, 2.75) is 26.8 Å². The molecule has 5 heteroatoms. The number of hydrogen-bond donors (Lipinski definition) is 0. The quantitative estimate of drug-likeness (QED) is 0.806. The summed E-state index contributed by atoms with van der Waals surface area (Å²) in [6, 6.07) is 6.00. The predicted octanol–water partition coefficient (Wildman–Crippen LogP) is 3.54. The number of aromatic nitrogens is 2. The molecule has 0 spiro atoms. The Labute approximate surface area is 119 Å². The Bertz CT molecular complexity index is 622. The first-order chi connectivity index (χ1) is 9.01. The van der Waals surface area contributed by atoms with Gasteiger partial charge in [0.25, 0.3) is 0 Å². The maximum absolute atomic E-state index is 13.0. The fourth-order valence-electron chi connectivity index (χ4n) is 1.99. The average molecular weight is 325 g/mol. The highest BCUT2D eigenvalue weighted by molar-refractivity contribution is 9.10. The standard InChI is InChI=1S/C14H14BrFN2O/c1-3-18-11(6-9(2)17-18)8-14(19)12-5-4-10(16)7-13(12)15/h4-7H,3,8H2,1-2H3. The summed E-state index contributed by atoms with van der Waals surface area (Å²) in [7, 11) is 0. The highest BCUT2D eigenvalue weighted by Crippen LogP contribution is 2.20. The minimum atomic E-state index is -0.363. The molecule has 0 atom stereocenters. The number of halogens is 2. The van der Waals surface area contributed by atoms with Gasteiger partial charge in [0.1, 0.15) is 5.82 Å². The molecule has 0 radical (unpaired) electrons. The number of carbonyl (C=O) groups excluding carboxylic acids is 1. The van der Waals surface area contributed by atoms with Gasteiger partial charge in [0, 0.05) is 22.3 Å². The fraction of sp³-hybridized carbons (Fsp3) is 0.286. The van der Waals surface area contributed by atoms with Crippen LogP contribution in [0.3, 0.4) is 0 Å². The first-order valence-corrected chi connectivity index (χ1v) is 6.82. The molecule has 0 amide bonds. The molecule has 3 nitrogen and oxygen atoms in total. The number of hydrogen-bond acceptors (Lipinski definition) is 2. The van der Waals surface area contributed by atoms with E-state index >= 15 is 0 Å². The largest absolute Gasteiger partial charge is 0.294 e.